The molecule has 26 heavy (non-hydrogen) atoms. The number of hydrogen-bond acceptors (Lipinski definition) is 2. The first-order chi connectivity index (χ1) is 12.7. The summed E-state index contributed by atoms with van der Waals surface area (Å²) in [6.07, 6.45) is 14.4. The van der Waals surface area contributed by atoms with Gasteiger partial charge in [0, 0.05) is 0 Å². The Labute approximate surface area is 161 Å². The summed E-state index contributed by atoms with van der Waals surface area (Å²) in [6.45, 7) is 5.85. The predicted octanol–water partition coefficient (Wildman–Crippen LogP) is 5.32. The molecule has 0 saturated heterocycles. The summed E-state index contributed by atoms with van der Waals surface area (Å²) in [5.74, 6) is 1.03. The Balaban J connectivity index is 0.00000105. The van der Waals surface area contributed by atoms with Crippen molar-refractivity contribution in [2.45, 2.75) is 78.1 Å². The molecule has 0 bridgehead atoms. The summed E-state index contributed by atoms with van der Waals surface area (Å²) in [5.41, 5.74) is 8.11. The maximum absolute atomic E-state index is 5.86. The molecule has 0 spiro atoms. The fourth-order valence-electron chi connectivity index (χ4n) is 4.48. The smallest absolute Gasteiger partial charge is 0.0765 e. The number of nitrogens with one attached hydrogen (secondary N) is 2. The minimum atomic E-state index is 0.644. The Morgan fingerprint density at radius 2 is 1.69 bits per heavy atom. The zero-order valence-corrected chi connectivity index (χ0v) is 17.3. The Kier molecular flexibility index (Phi) is 11.3. The Morgan fingerprint density at radius 3 is 2.19 bits per heavy atom. The number of aryl methyl sites for hydroxylation is 2. The standard InChI is InChI=1S/C22H37N.CH4N2/c1-4-14-22(15-5-2,21-11-12-21)16-13-20-9-6-8-19(18-20)10-7-17-23-3;2-1-3/h6,8-9,18,21,23H,4-5,7,10-17H2,1-3H3;1H,(H3,2,3). The summed E-state index contributed by atoms with van der Waals surface area (Å²) in [4.78, 5) is 0. The third-order valence-electron chi connectivity index (χ3n) is 5.73. The van der Waals surface area contributed by atoms with E-state index < -0.39 is 0 Å². The molecule has 0 radical (unpaired) electrons. The summed E-state index contributed by atoms with van der Waals surface area (Å²) >= 11 is 0. The average Bonchev–Trinajstić information content (AvgIpc) is 3.47. The fourth-order valence-corrected chi connectivity index (χ4v) is 4.48. The minimum absolute atomic E-state index is 0.644. The van der Waals surface area contributed by atoms with E-state index in [1.165, 1.54) is 69.8 Å². The van der Waals surface area contributed by atoms with E-state index in [0.29, 0.717) is 5.41 Å². The van der Waals surface area contributed by atoms with Crippen molar-refractivity contribution < 1.29 is 0 Å². The third-order valence-corrected chi connectivity index (χ3v) is 5.73. The normalized spacial score (nSPS) is 13.8. The molecule has 1 saturated carbocycles. The largest absolute Gasteiger partial charge is 0.390 e. The third kappa shape index (κ3) is 7.90. The fraction of sp³-hybridized carbons (Fsp3) is 0.696. The van der Waals surface area contributed by atoms with Gasteiger partial charge in [0.1, 0.15) is 0 Å². The average molecular weight is 360 g/mol. The van der Waals surface area contributed by atoms with Crippen molar-refractivity contribution in [3.05, 3.63) is 35.4 Å². The molecule has 3 heteroatoms. The van der Waals surface area contributed by atoms with Gasteiger partial charge < -0.3 is 11.1 Å². The number of hydrogen-bond donors (Lipinski definition) is 3. The molecule has 0 amide bonds. The molecule has 0 aliphatic heterocycles. The van der Waals surface area contributed by atoms with E-state index in [4.69, 9.17) is 5.41 Å². The lowest BCUT2D eigenvalue weighted by Crippen LogP contribution is -2.24. The van der Waals surface area contributed by atoms with E-state index in [9.17, 15) is 0 Å². The van der Waals surface area contributed by atoms with Gasteiger partial charge in [0.05, 0.1) is 6.34 Å². The van der Waals surface area contributed by atoms with Crippen LogP contribution in [0.15, 0.2) is 24.3 Å². The van der Waals surface area contributed by atoms with Gasteiger partial charge in [-0.05, 0) is 87.4 Å². The van der Waals surface area contributed by atoms with Crippen LogP contribution in [-0.2, 0) is 12.8 Å². The maximum Gasteiger partial charge on any atom is 0.0765 e. The van der Waals surface area contributed by atoms with E-state index in [2.05, 4.69) is 49.2 Å². The first kappa shape index (κ1) is 22.7. The van der Waals surface area contributed by atoms with E-state index in [-0.39, 0.29) is 0 Å². The van der Waals surface area contributed by atoms with E-state index in [1.807, 2.05) is 7.05 Å². The first-order valence-corrected chi connectivity index (χ1v) is 10.6. The SMILES string of the molecule is CCCC(CCC)(CCc1cccc(CCCNC)c1)C1CC1.N=CN. The monoisotopic (exact) mass is 359 g/mol. The molecule has 148 valence electrons. The van der Waals surface area contributed by atoms with Crippen molar-refractivity contribution in [1.82, 2.24) is 5.32 Å². The van der Waals surface area contributed by atoms with Gasteiger partial charge in [-0.25, -0.2) is 0 Å². The highest BCUT2D eigenvalue weighted by Gasteiger charge is 2.42. The van der Waals surface area contributed by atoms with Crippen molar-refractivity contribution in [2.24, 2.45) is 17.1 Å². The number of benzene rings is 1. The highest BCUT2D eigenvalue weighted by molar-refractivity contribution is 5.46. The molecule has 0 aromatic heterocycles. The zero-order chi connectivity index (χ0) is 19.3. The van der Waals surface area contributed by atoms with Gasteiger partial charge in [0.2, 0.25) is 0 Å². The first-order valence-electron chi connectivity index (χ1n) is 10.6. The lowest BCUT2D eigenvalue weighted by molar-refractivity contribution is 0.174. The molecule has 0 atom stereocenters. The van der Waals surface area contributed by atoms with Gasteiger partial charge in [0.25, 0.3) is 0 Å². The molecule has 0 heterocycles. The molecule has 1 aromatic carbocycles. The van der Waals surface area contributed by atoms with Crippen LogP contribution in [0, 0.1) is 16.7 Å². The second-order valence-corrected chi connectivity index (χ2v) is 7.83. The number of rotatable bonds is 12. The second-order valence-electron chi connectivity index (χ2n) is 7.83. The molecule has 1 fully saturated rings. The highest BCUT2D eigenvalue weighted by atomic mass is 14.8. The Morgan fingerprint density at radius 1 is 1.12 bits per heavy atom. The van der Waals surface area contributed by atoms with Crippen LogP contribution in [0.25, 0.3) is 0 Å². The molecule has 1 aliphatic rings. The van der Waals surface area contributed by atoms with Crippen molar-refractivity contribution in [1.29, 1.82) is 5.41 Å². The molecular formula is C23H41N3. The van der Waals surface area contributed by atoms with Crippen LogP contribution in [0.2, 0.25) is 0 Å². The summed E-state index contributed by atoms with van der Waals surface area (Å²) in [5, 5.41) is 9.11. The van der Waals surface area contributed by atoms with E-state index in [1.54, 1.807) is 5.56 Å². The van der Waals surface area contributed by atoms with Gasteiger partial charge in [0.15, 0.2) is 0 Å². The predicted molar refractivity (Wildman–Crippen MR) is 115 cm³/mol. The molecule has 0 unspecified atom stereocenters. The van der Waals surface area contributed by atoms with Crippen molar-refractivity contribution in [3.63, 3.8) is 0 Å². The van der Waals surface area contributed by atoms with E-state index >= 15 is 0 Å². The topological polar surface area (TPSA) is 61.9 Å². The lowest BCUT2D eigenvalue weighted by Gasteiger charge is -2.34. The molecule has 1 aromatic rings. The Bertz CT molecular complexity index is 488. The van der Waals surface area contributed by atoms with Gasteiger partial charge in [-0.2, -0.15) is 0 Å². The van der Waals surface area contributed by atoms with Crippen LogP contribution in [-0.4, -0.2) is 19.9 Å². The lowest BCUT2D eigenvalue weighted by atomic mass is 9.71. The maximum atomic E-state index is 5.86. The molecule has 3 nitrogen and oxygen atoms in total. The van der Waals surface area contributed by atoms with Crippen molar-refractivity contribution in [2.75, 3.05) is 13.6 Å². The molecular weight excluding hydrogens is 318 g/mol. The highest BCUT2D eigenvalue weighted by Crippen LogP contribution is 2.53. The minimum Gasteiger partial charge on any atom is -0.390 e. The second kappa shape index (κ2) is 12.9. The zero-order valence-electron chi connectivity index (χ0n) is 17.3. The van der Waals surface area contributed by atoms with Crippen LogP contribution in [0.4, 0.5) is 0 Å². The van der Waals surface area contributed by atoms with Gasteiger partial charge >= 0.3 is 0 Å². The van der Waals surface area contributed by atoms with Gasteiger partial charge in [-0.1, -0.05) is 51.0 Å². The van der Waals surface area contributed by atoms with Crippen LogP contribution in [0.1, 0.15) is 76.3 Å². The van der Waals surface area contributed by atoms with E-state index in [0.717, 1.165) is 18.8 Å². The van der Waals surface area contributed by atoms with Crippen LogP contribution >= 0.6 is 0 Å². The summed E-state index contributed by atoms with van der Waals surface area (Å²) in [6, 6.07) is 9.37. The van der Waals surface area contributed by atoms with Crippen LogP contribution in [0.5, 0.6) is 0 Å². The quantitative estimate of drug-likeness (QED) is 0.269. The molecule has 2 rings (SSSR count). The van der Waals surface area contributed by atoms with Crippen molar-refractivity contribution >= 4 is 6.34 Å². The Hall–Kier alpha value is -1.35. The van der Waals surface area contributed by atoms with Crippen LogP contribution < -0.4 is 11.1 Å². The molecule has 4 N–H and O–H groups in total. The van der Waals surface area contributed by atoms with Crippen molar-refractivity contribution in [3.8, 4) is 0 Å². The summed E-state index contributed by atoms with van der Waals surface area (Å²) in [7, 11) is 2.04. The van der Waals surface area contributed by atoms with Gasteiger partial charge in [-0.3, -0.25) is 5.41 Å². The van der Waals surface area contributed by atoms with Crippen LogP contribution in [0.3, 0.4) is 0 Å². The summed E-state index contributed by atoms with van der Waals surface area (Å²) < 4.78 is 0. The van der Waals surface area contributed by atoms with Gasteiger partial charge in [-0.15, -0.1) is 0 Å². The molecule has 1 aliphatic carbocycles. The number of nitrogens with two attached hydrogens (primary N) is 1.